The van der Waals surface area contributed by atoms with E-state index >= 15 is 0 Å². The van der Waals surface area contributed by atoms with Gasteiger partial charge in [-0.2, -0.15) is 0 Å². The van der Waals surface area contributed by atoms with Crippen molar-refractivity contribution in [3.8, 4) is 0 Å². The Labute approximate surface area is 101 Å². The molecule has 0 aromatic heterocycles. The molecule has 0 aliphatic carbocycles. The molecule has 2 unspecified atom stereocenters. The predicted octanol–water partition coefficient (Wildman–Crippen LogP) is 2.36. The van der Waals surface area contributed by atoms with Gasteiger partial charge in [0.1, 0.15) is 0 Å². The van der Waals surface area contributed by atoms with Gasteiger partial charge in [0.05, 0.1) is 11.7 Å². The summed E-state index contributed by atoms with van der Waals surface area (Å²) in [6.45, 7) is 2.82. The molecule has 2 rings (SSSR count). The molecule has 92 valence electrons. The summed E-state index contributed by atoms with van der Waals surface area (Å²) >= 11 is 0. The molecule has 1 heterocycles. The van der Waals surface area contributed by atoms with Crippen LogP contribution < -0.4 is 5.32 Å². The number of nitrogens with one attached hydrogen (secondary N) is 1. The average molecular weight is 235 g/mol. The highest BCUT2D eigenvalue weighted by molar-refractivity contribution is 5.88. The minimum absolute atomic E-state index is 0.268. The van der Waals surface area contributed by atoms with E-state index in [9.17, 15) is 4.79 Å². The Hall–Kier alpha value is -1.55. The smallest absolute Gasteiger partial charge is 0.335 e. The first-order valence-electron chi connectivity index (χ1n) is 5.86. The van der Waals surface area contributed by atoms with Crippen LogP contribution >= 0.6 is 0 Å². The van der Waals surface area contributed by atoms with E-state index in [0.29, 0.717) is 11.6 Å². The van der Waals surface area contributed by atoms with Crippen LogP contribution in [0.3, 0.4) is 0 Å². The molecule has 4 nitrogen and oxygen atoms in total. The number of anilines is 1. The van der Waals surface area contributed by atoms with Crippen LogP contribution in [0.25, 0.3) is 0 Å². The van der Waals surface area contributed by atoms with Gasteiger partial charge in [-0.25, -0.2) is 4.79 Å². The Balaban J connectivity index is 2.02. The molecule has 0 spiro atoms. The number of carbonyl (C=O) groups is 1. The molecule has 1 fully saturated rings. The molecule has 2 N–H and O–H groups in total. The second-order valence-electron chi connectivity index (χ2n) is 4.43. The average Bonchev–Trinajstić information content (AvgIpc) is 2.29. The van der Waals surface area contributed by atoms with Crippen LogP contribution in [0.4, 0.5) is 5.69 Å². The Kier molecular flexibility index (Phi) is 3.64. The maximum Gasteiger partial charge on any atom is 0.335 e. The first-order chi connectivity index (χ1) is 8.15. The number of rotatable bonds is 3. The number of hydrogen-bond donors (Lipinski definition) is 2. The Morgan fingerprint density at radius 2 is 2.35 bits per heavy atom. The van der Waals surface area contributed by atoms with E-state index in [0.717, 1.165) is 25.1 Å². The van der Waals surface area contributed by atoms with Crippen molar-refractivity contribution in [1.29, 1.82) is 0 Å². The molecule has 1 aliphatic rings. The van der Waals surface area contributed by atoms with Gasteiger partial charge in [-0.3, -0.25) is 0 Å². The predicted molar refractivity (Wildman–Crippen MR) is 65.5 cm³/mol. The number of ether oxygens (including phenoxy) is 1. The van der Waals surface area contributed by atoms with Crippen molar-refractivity contribution in [1.82, 2.24) is 0 Å². The van der Waals surface area contributed by atoms with Gasteiger partial charge in [0.25, 0.3) is 0 Å². The third-order valence-corrected chi connectivity index (χ3v) is 2.97. The van der Waals surface area contributed by atoms with E-state index in [2.05, 4.69) is 12.2 Å². The Bertz CT molecular complexity index is 405. The van der Waals surface area contributed by atoms with Gasteiger partial charge in [0.2, 0.25) is 0 Å². The van der Waals surface area contributed by atoms with Crippen LogP contribution in [0.15, 0.2) is 24.3 Å². The largest absolute Gasteiger partial charge is 0.478 e. The van der Waals surface area contributed by atoms with Crippen molar-refractivity contribution in [2.24, 2.45) is 0 Å². The number of carboxylic acid groups (broad SMARTS) is 1. The maximum atomic E-state index is 10.8. The minimum Gasteiger partial charge on any atom is -0.478 e. The Morgan fingerprint density at radius 3 is 3.06 bits per heavy atom. The fourth-order valence-electron chi connectivity index (χ4n) is 2.11. The van der Waals surface area contributed by atoms with Crippen molar-refractivity contribution in [3.63, 3.8) is 0 Å². The molecule has 1 aromatic carbocycles. The summed E-state index contributed by atoms with van der Waals surface area (Å²) in [6, 6.07) is 7.28. The zero-order valence-corrected chi connectivity index (χ0v) is 9.85. The van der Waals surface area contributed by atoms with Crippen LogP contribution in [-0.2, 0) is 4.74 Å². The summed E-state index contributed by atoms with van der Waals surface area (Å²) in [6.07, 6.45) is 2.18. The van der Waals surface area contributed by atoms with Gasteiger partial charge in [-0.1, -0.05) is 6.07 Å². The van der Waals surface area contributed by atoms with Crippen LogP contribution in [0.2, 0.25) is 0 Å². The number of benzene rings is 1. The van der Waals surface area contributed by atoms with Gasteiger partial charge < -0.3 is 15.2 Å². The van der Waals surface area contributed by atoms with Crippen LogP contribution in [0.1, 0.15) is 30.1 Å². The van der Waals surface area contributed by atoms with Crippen molar-refractivity contribution in [2.45, 2.75) is 31.9 Å². The molecule has 17 heavy (non-hydrogen) atoms. The molecule has 0 saturated carbocycles. The first kappa shape index (κ1) is 11.9. The van der Waals surface area contributed by atoms with Crippen molar-refractivity contribution in [2.75, 3.05) is 11.9 Å². The van der Waals surface area contributed by atoms with Crippen molar-refractivity contribution < 1.29 is 14.6 Å². The van der Waals surface area contributed by atoms with E-state index in [1.807, 2.05) is 6.07 Å². The van der Waals surface area contributed by atoms with E-state index in [4.69, 9.17) is 9.84 Å². The molecule has 1 saturated heterocycles. The molecular weight excluding hydrogens is 218 g/mol. The summed E-state index contributed by atoms with van der Waals surface area (Å²) < 4.78 is 5.47. The van der Waals surface area contributed by atoms with E-state index < -0.39 is 5.97 Å². The monoisotopic (exact) mass is 235 g/mol. The van der Waals surface area contributed by atoms with Gasteiger partial charge in [0.15, 0.2) is 0 Å². The summed E-state index contributed by atoms with van der Waals surface area (Å²) in [5.41, 5.74) is 1.18. The third-order valence-electron chi connectivity index (χ3n) is 2.97. The molecule has 4 heteroatoms. The quantitative estimate of drug-likeness (QED) is 0.844. The summed E-state index contributed by atoms with van der Waals surface area (Å²) in [5.74, 6) is -0.894. The normalized spacial score (nSPS) is 24.3. The summed E-state index contributed by atoms with van der Waals surface area (Å²) in [7, 11) is 0. The van der Waals surface area contributed by atoms with Crippen molar-refractivity contribution >= 4 is 11.7 Å². The highest BCUT2D eigenvalue weighted by Crippen LogP contribution is 2.19. The summed E-state index contributed by atoms with van der Waals surface area (Å²) in [4.78, 5) is 10.8. The molecule has 0 radical (unpaired) electrons. The highest BCUT2D eigenvalue weighted by atomic mass is 16.5. The van der Waals surface area contributed by atoms with Crippen LogP contribution in [0.5, 0.6) is 0 Å². The van der Waals surface area contributed by atoms with Crippen LogP contribution in [-0.4, -0.2) is 29.8 Å². The standard InChI is InChI=1S/C13H17NO3/c1-9-7-12(5-6-17-9)14-11-4-2-3-10(8-11)13(15)16/h2-4,8-9,12,14H,5-7H2,1H3,(H,15,16). The van der Waals surface area contributed by atoms with Crippen molar-refractivity contribution in [3.05, 3.63) is 29.8 Å². The number of hydrogen-bond acceptors (Lipinski definition) is 3. The molecule has 1 aliphatic heterocycles. The molecular formula is C13H17NO3. The second kappa shape index (κ2) is 5.19. The van der Waals surface area contributed by atoms with Gasteiger partial charge in [0, 0.05) is 18.3 Å². The fraction of sp³-hybridized carbons (Fsp3) is 0.462. The van der Waals surface area contributed by atoms with E-state index in [1.165, 1.54) is 0 Å². The van der Waals surface area contributed by atoms with Crippen LogP contribution in [0, 0.1) is 0 Å². The Morgan fingerprint density at radius 1 is 1.53 bits per heavy atom. The first-order valence-corrected chi connectivity index (χ1v) is 5.86. The third kappa shape index (κ3) is 3.20. The summed E-state index contributed by atoms with van der Waals surface area (Å²) in [5, 5.41) is 12.3. The lowest BCUT2D eigenvalue weighted by Gasteiger charge is -2.28. The van der Waals surface area contributed by atoms with Gasteiger partial charge in [-0.05, 0) is 38.0 Å². The molecule has 2 atom stereocenters. The number of aromatic carboxylic acids is 1. The van der Waals surface area contributed by atoms with Gasteiger partial charge in [-0.15, -0.1) is 0 Å². The molecule has 0 amide bonds. The SMILES string of the molecule is CC1CC(Nc2cccc(C(=O)O)c2)CCO1. The van der Waals surface area contributed by atoms with E-state index in [-0.39, 0.29) is 6.10 Å². The molecule has 1 aromatic rings. The lowest BCUT2D eigenvalue weighted by Crippen LogP contribution is -2.32. The highest BCUT2D eigenvalue weighted by Gasteiger charge is 2.19. The van der Waals surface area contributed by atoms with E-state index in [1.54, 1.807) is 18.2 Å². The minimum atomic E-state index is -0.894. The fourth-order valence-corrected chi connectivity index (χ4v) is 2.11. The topological polar surface area (TPSA) is 58.6 Å². The van der Waals surface area contributed by atoms with Gasteiger partial charge >= 0.3 is 5.97 Å². The second-order valence-corrected chi connectivity index (χ2v) is 4.43. The molecule has 0 bridgehead atoms. The zero-order chi connectivity index (χ0) is 12.3. The lowest BCUT2D eigenvalue weighted by molar-refractivity contribution is 0.0232. The maximum absolute atomic E-state index is 10.8. The lowest BCUT2D eigenvalue weighted by atomic mass is 10.0. The zero-order valence-electron chi connectivity index (χ0n) is 9.85. The number of carboxylic acids is 1.